The number of hydrogen-bond acceptors (Lipinski definition) is 4. The highest BCUT2D eigenvalue weighted by molar-refractivity contribution is 5.92. The smallest absolute Gasteiger partial charge is 0.338 e. The number of esters is 1. The van der Waals surface area contributed by atoms with Crippen LogP contribution < -0.4 is 10.1 Å². The van der Waals surface area contributed by atoms with Crippen LogP contribution in [-0.4, -0.2) is 18.5 Å². The highest BCUT2D eigenvalue weighted by Crippen LogP contribution is 2.19. The van der Waals surface area contributed by atoms with Crippen LogP contribution in [0.1, 0.15) is 29.8 Å². The number of carbonyl (C=O) groups is 2. The number of carbonyl (C=O) groups excluding carboxylic acids is 2. The third kappa shape index (κ3) is 4.85. The molecule has 2 aromatic carbocycles. The fourth-order valence-corrected chi connectivity index (χ4v) is 2.04. The van der Waals surface area contributed by atoms with Gasteiger partial charge < -0.3 is 14.8 Å². The molecule has 0 aliphatic carbocycles. The molecule has 23 heavy (non-hydrogen) atoms. The maximum absolute atomic E-state index is 12.1. The number of ether oxygens (including phenoxy) is 2. The number of amides is 1. The van der Waals surface area contributed by atoms with Crippen molar-refractivity contribution in [1.29, 1.82) is 0 Å². The summed E-state index contributed by atoms with van der Waals surface area (Å²) >= 11 is 0. The van der Waals surface area contributed by atoms with Crippen molar-refractivity contribution in [2.45, 2.75) is 20.5 Å². The van der Waals surface area contributed by atoms with E-state index in [0.29, 0.717) is 23.6 Å². The molecule has 0 aliphatic heterocycles. The predicted molar refractivity (Wildman–Crippen MR) is 87.5 cm³/mol. The van der Waals surface area contributed by atoms with Crippen molar-refractivity contribution >= 4 is 17.6 Å². The lowest BCUT2D eigenvalue weighted by Gasteiger charge is -2.10. The topological polar surface area (TPSA) is 64.6 Å². The standard InChI is InChI=1S/C18H19NO4/c1-3-22-17-7-5-4-6-15(17)12-23-18(21)14-8-10-16(11-9-14)19-13(2)20/h4-11H,3,12H2,1-2H3,(H,19,20). The first kappa shape index (κ1) is 16.5. The minimum atomic E-state index is -0.425. The number of para-hydroxylation sites is 1. The second-order valence-electron chi connectivity index (χ2n) is 4.88. The first-order chi connectivity index (χ1) is 11.1. The van der Waals surface area contributed by atoms with Gasteiger partial charge in [0.2, 0.25) is 5.91 Å². The Bertz CT molecular complexity index is 680. The molecule has 0 unspecified atom stereocenters. The molecule has 0 fully saturated rings. The van der Waals surface area contributed by atoms with Gasteiger partial charge in [0, 0.05) is 18.2 Å². The Labute approximate surface area is 135 Å². The summed E-state index contributed by atoms with van der Waals surface area (Å²) in [5, 5.41) is 2.64. The Morgan fingerprint density at radius 3 is 2.39 bits per heavy atom. The summed E-state index contributed by atoms with van der Waals surface area (Å²) in [6, 6.07) is 14.0. The molecule has 0 aliphatic rings. The zero-order chi connectivity index (χ0) is 16.7. The second kappa shape index (κ2) is 7.98. The SMILES string of the molecule is CCOc1ccccc1COC(=O)c1ccc(NC(C)=O)cc1. The average Bonchev–Trinajstić information content (AvgIpc) is 2.54. The third-order valence-corrected chi connectivity index (χ3v) is 3.07. The van der Waals surface area contributed by atoms with Crippen molar-refractivity contribution in [3.05, 3.63) is 59.7 Å². The highest BCUT2D eigenvalue weighted by atomic mass is 16.5. The van der Waals surface area contributed by atoms with Gasteiger partial charge in [-0.2, -0.15) is 0 Å². The van der Waals surface area contributed by atoms with Crippen LogP contribution in [0.5, 0.6) is 5.75 Å². The molecule has 0 saturated carbocycles. The molecular weight excluding hydrogens is 294 g/mol. The summed E-state index contributed by atoms with van der Waals surface area (Å²) in [5.41, 5.74) is 1.88. The molecule has 0 heterocycles. The van der Waals surface area contributed by atoms with E-state index in [1.165, 1.54) is 6.92 Å². The first-order valence-corrected chi connectivity index (χ1v) is 7.35. The van der Waals surface area contributed by atoms with Gasteiger partial charge in [0.15, 0.2) is 0 Å². The van der Waals surface area contributed by atoms with Gasteiger partial charge in [0.05, 0.1) is 12.2 Å². The van der Waals surface area contributed by atoms with Crippen molar-refractivity contribution in [2.75, 3.05) is 11.9 Å². The zero-order valence-electron chi connectivity index (χ0n) is 13.2. The molecule has 1 amide bonds. The molecule has 2 rings (SSSR count). The number of rotatable bonds is 6. The molecule has 0 bridgehead atoms. The maximum atomic E-state index is 12.1. The van der Waals surface area contributed by atoms with Gasteiger partial charge in [-0.3, -0.25) is 4.79 Å². The Morgan fingerprint density at radius 1 is 1.04 bits per heavy atom. The zero-order valence-corrected chi connectivity index (χ0v) is 13.2. The van der Waals surface area contributed by atoms with E-state index in [9.17, 15) is 9.59 Å². The molecule has 0 atom stereocenters. The van der Waals surface area contributed by atoms with Crippen LogP contribution in [-0.2, 0) is 16.1 Å². The molecule has 0 saturated heterocycles. The van der Waals surface area contributed by atoms with Gasteiger partial charge in [-0.15, -0.1) is 0 Å². The lowest BCUT2D eigenvalue weighted by molar-refractivity contribution is -0.114. The van der Waals surface area contributed by atoms with Crippen LogP contribution in [0.25, 0.3) is 0 Å². The largest absolute Gasteiger partial charge is 0.493 e. The van der Waals surface area contributed by atoms with E-state index in [1.54, 1.807) is 24.3 Å². The molecule has 2 aromatic rings. The molecule has 0 aromatic heterocycles. The Balaban J connectivity index is 1.98. The number of nitrogens with one attached hydrogen (secondary N) is 1. The van der Waals surface area contributed by atoms with Crippen LogP contribution in [0.15, 0.2) is 48.5 Å². The fourth-order valence-electron chi connectivity index (χ4n) is 2.04. The van der Waals surface area contributed by atoms with Gasteiger partial charge in [0.25, 0.3) is 0 Å². The summed E-state index contributed by atoms with van der Waals surface area (Å²) < 4.78 is 10.8. The average molecular weight is 313 g/mol. The van der Waals surface area contributed by atoms with E-state index >= 15 is 0 Å². The molecular formula is C18H19NO4. The van der Waals surface area contributed by atoms with Crippen LogP contribution >= 0.6 is 0 Å². The summed E-state index contributed by atoms with van der Waals surface area (Å²) in [7, 11) is 0. The van der Waals surface area contributed by atoms with Crippen molar-refractivity contribution in [2.24, 2.45) is 0 Å². The number of anilines is 1. The van der Waals surface area contributed by atoms with Crippen LogP contribution in [0.4, 0.5) is 5.69 Å². The van der Waals surface area contributed by atoms with Gasteiger partial charge in [0.1, 0.15) is 12.4 Å². The number of hydrogen-bond donors (Lipinski definition) is 1. The quantitative estimate of drug-likeness (QED) is 0.830. The van der Waals surface area contributed by atoms with E-state index < -0.39 is 5.97 Å². The third-order valence-electron chi connectivity index (χ3n) is 3.07. The molecule has 120 valence electrons. The van der Waals surface area contributed by atoms with E-state index in [4.69, 9.17) is 9.47 Å². The maximum Gasteiger partial charge on any atom is 0.338 e. The predicted octanol–water partition coefficient (Wildman–Crippen LogP) is 3.40. The number of benzene rings is 2. The summed E-state index contributed by atoms with van der Waals surface area (Å²) in [5.74, 6) is 0.127. The summed E-state index contributed by atoms with van der Waals surface area (Å²) in [6.45, 7) is 4.02. The lowest BCUT2D eigenvalue weighted by Crippen LogP contribution is -2.08. The molecule has 0 spiro atoms. The van der Waals surface area contributed by atoms with E-state index in [-0.39, 0.29) is 12.5 Å². The normalized spacial score (nSPS) is 10.0. The van der Waals surface area contributed by atoms with E-state index in [1.807, 2.05) is 31.2 Å². The molecule has 5 heteroatoms. The summed E-state index contributed by atoms with van der Waals surface area (Å²) in [6.07, 6.45) is 0. The van der Waals surface area contributed by atoms with Gasteiger partial charge in [-0.25, -0.2) is 4.79 Å². The van der Waals surface area contributed by atoms with Gasteiger partial charge in [-0.1, -0.05) is 18.2 Å². The second-order valence-corrected chi connectivity index (χ2v) is 4.88. The van der Waals surface area contributed by atoms with Crippen molar-refractivity contribution in [3.63, 3.8) is 0 Å². The van der Waals surface area contributed by atoms with Gasteiger partial charge in [-0.05, 0) is 37.3 Å². The van der Waals surface area contributed by atoms with Crippen molar-refractivity contribution in [1.82, 2.24) is 0 Å². The minimum absolute atomic E-state index is 0.141. The highest BCUT2D eigenvalue weighted by Gasteiger charge is 2.10. The first-order valence-electron chi connectivity index (χ1n) is 7.35. The van der Waals surface area contributed by atoms with Gasteiger partial charge >= 0.3 is 5.97 Å². The molecule has 5 nitrogen and oxygen atoms in total. The van der Waals surface area contributed by atoms with E-state index in [2.05, 4.69) is 5.32 Å². The monoisotopic (exact) mass is 313 g/mol. The van der Waals surface area contributed by atoms with Crippen molar-refractivity contribution < 1.29 is 19.1 Å². The molecule has 0 radical (unpaired) electrons. The Hall–Kier alpha value is -2.82. The van der Waals surface area contributed by atoms with Crippen molar-refractivity contribution in [3.8, 4) is 5.75 Å². The Morgan fingerprint density at radius 2 is 1.74 bits per heavy atom. The Kier molecular flexibility index (Phi) is 5.74. The van der Waals surface area contributed by atoms with Crippen LogP contribution in [0.2, 0.25) is 0 Å². The fraction of sp³-hybridized carbons (Fsp3) is 0.222. The minimum Gasteiger partial charge on any atom is -0.493 e. The summed E-state index contributed by atoms with van der Waals surface area (Å²) in [4.78, 5) is 23.0. The lowest BCUT2D eigenvalue weighted by atomic mass is 10.2. The van der Waals surface area contributed by atoms with Crippen LogP contribution in [0.3, 0.4) is 0 Å². The van der Waals surface area contributed by atoms with Crippen LogP contribution in [0, 0.1) is 0 Å². The van der Waals surface area contributed by atoms with E-state index in [0.717, 1.165) is 5.56 Å². The molecule has 1 N–H and O–H groups in total.